The van der Waals surface area contributed by atoms with Gasteiger partial charge in [0, 0.05) is 35.8 Å². The number of thiazole rings is 1. The fourth-order valence-corrected chi connectivity index (χ4v) is 5.49. The highest BCUT2D eigenvalue weighted by molar-refractivity contribution is 7.09. The van der Waals surface area contributed by atoms with Gasteiger partial charge in [-0.15, -0.1) is 11.3 Å². The highest BCUT2D eigenvalue weighted by atomic mass is 35.5. The lowest BCUT2D eigenvalue weighted by molar-refractivity contribution is -0.384. The van der Waals surface area contributed by atoms with E-state index in [9.17, 15) is 19.7 Å². The van der Waals surface area contributed by atoms with Gasteiger partial charge in [0.25, 0.3) is 5.69 Å². The van der Waals surface area contributed by atoms with Gasteiger partial charge < -0.3 is 15.0 Å². The number of nitro groups is 1. The van der Waals surface area contributed by atoms with E-state index >= 15 is 0 Å². The van der Waals surface area contributed by atoms with Gasteiger partial charge in [-0.1, -0.05) is 23.7 Å². The number of hydrogen-bond donors (Lipinski definition) is 1. The number of aliphatic imine (C=N–C) groups is 1. The molecule has 2 aliphatic rings. The molecule has 13 heteroatoms. The summed E-state index contributed by atoms with van der Waals surface area (Å²) in [7, 11) is 0. The number of aromatic nitrogens is 1. The highest BCUT2D eigenvalue weighted by Gasteiger charge is 2.46. The largest absolute Gasteiger partial charge is 0.490 e. The SMILES string of the molecule is CC(C)Oc1cc([N+](=O)[O-])ccc1C1=N[C@@H](c2ccc(Cl)cc2)[C@@H](c2nccs2)N1C(=O)N1CCNC(=O)C1. The van der Waals surface area contributed by atoms with Gasteiger partial charge in [-0.2, -0.15) is 0 Å². The number of urea groups is 1. The number of piperazine rings is 1. The van der Waals surface area contributed by atoms with Crippen LogP contribution in [-0.2, 0) is 4.79 Å². The minimum Gasteiger partial charge on any atom is -0.490 e. The van der Waals surface area contributed by atoms with Gasteiger partial charge in [0.05, 0.1) is 22.7 Å². The van der Waals surface area contributed by atoms with E-state index in [-0.39, 0.29) is 35.8 Å². The molecule has 202 valence electrons. The Balaban J connectivity index is 1.70. The molecule has 0 radical (unpaired) electrons. The number of nitro benzene ring substituents is 1. The number of amidine groups is 1. The van der Waals surface area contributed by atoms with Gasteiger partial charge in [0.2, 0.25) is 5.91 Å². The fraction of sp³-hybridized carbons (Fsp3) is 0.308. The zero-order chi connectivity index (χ0) is 27.7. The molecule has 2 aromatic carbocycles. The minimum absolute atomic E-state index is 0.103. The first kappa shape index (κ1) is 26.6. The van der Waals surface area contributed by atoms with Crippen LogP contribution in [0.15, 0.2) is 59.0 Å². The third-order valence-corrected chi connectivity index (χ3v) is 7.38. The van der Waals surface area contributed by atoms with E-state index in [0.717, 1.165) is 5.56 Å². The number of benzene rings is 2. The number of amides is 3. The quantitative estimate of drug-likeness (QED) is 0.342. The van der Waals surface area contributed by atoms with Crippen LogP contribution in [0.2, 0.25) is 5.02 Å². The molecule has 11 nitrogen and oxygen atoms in total. The van der Waals surface area contributed by atoms with Crippen molar-refractivity contribution in [1.29, 1.82) is 0 Å². The molecule has 2 atom stereocenters. The average Bonchev–Trinajstić information content (AvgIpc) is 3.56. The number of rotatable bonds is 6. The maximum atomic E-state index is 14.2. The first-order valence-electron chi connectivity index (χ1n) is 12.3. The van der Waals surface area contributed by atoms with Crippen LogP contribution in [0, 0.1) is 10.1 Å². The molecule has 1 N–H and O–H groups in total. The Bertz CT molecular complexity index is 1430. The van der Waals surface area contributed by atoms with Crippen molar-refractivity contribution in [1.82, 2.24) is 20.1 Å². The van der Waals surface area contributed by atoms with Gasteiger partial charge in [-0.05, 0) is 37.6 Å². The molecule has 0 aliphatic carbocycles. The van der Waals surface area contributed by atoms with Crippen molar-refractivity contribution >= 4 is 46.4 Å². The maximum Gasteiger partial charge on any atom is 0.326 e. The van der Waals surface area contributed by atoms with Gasteiger partial charge in [-0.25, -0.2) is 9.78 Å². The third-order valence-electron chi connectivity index (χ3n) is 6.28. The number of nitrogens with zero attached hydrogens (tertiary/aromatic N) is 5. The van der Waals surface area contributed by atoms with Crippen LogP contribution in [0.3, 0.4) is 0 Å². The van der Waals surface area contributed by atoms with Crippen molar-refractivity contribution in [2.45, 2.75) is 32.0 Å². The smallest absolute Gasteiger partial charge is 0.326 e. The van der Waals surface area contributed by atoms with Crippen LogP contribution < -0.4 is 10.1 Å². The number of carbonyl (C=O) groups excluding carboxylic acids is 2. The summed E-state index contributed by atoms with van der Waals surface area (Å²) < 4.78 is 5.99. The maximum absolute atomic E-state index is 14.2. The number of hydrogen-bond acceptors (Lipinski definition) is 8. The molecule has 3 aromatic rings. The van der Waals surface area contributed by atoms with Gasteiger partial charge in [0.15, 0.2) is 0 Å². The van der Waals surface area contributed by atoms with Crippen LogP contribution in [-0.4, -0.2) is 63.2 Å². The van der Waals surface area contributed by atoms with Crippen LogP contribution in [0.5, 0.6) is 5.75 Å². The van der Waals surface area contributed by atoms with Gasteiger partial charge in [0.1, 0.15) is 35.2 Å². The van der Waals surface area contributed by atoms with Crippen molar-refractivity contribution in [3.8, 4) is 5.75 Å². The standard InChI is InChI=1S/C26H25ClN6O5S/c1-15(2)38-20-13-18(33(36)37)7-8-19(20)24-30-22(16-3-5-17(27)6-4-16)23(25-29-10-12-39-25)32(24)26(35)31-11-9-28-21(34)14-31/h3-8,10,12-13,15,22-23H,9,11,14H2,1-2H3,(H,28,34)/t22-,23-/m0/s1. The predicted octanol–water partition coefficient (Wildman–Crippen LogP) is 4.59. The van der Waals surface area contributed by atoms with Crippen molar-refractivity contribution in [3.63, 3.8) is 0 Å². The molecule has 0 bridgehead atoms. The molecule has 1 saturated heterocycles. The lowest BCUT2D eigenvalue weighted by Crippen LogP contribution is -2.55. The second-order valence-corrected chi connectivity index (χ2v) is 10.7. The van der Waals surface area contributed by atoms with E-state index in [4.69, 9.17) is 21.3 Å². The first-order valence-corrected chi connectivity index (χ1v) is 13.5. The lowest BCUT2D eigenvalue weighted by Gasteiger charge is -2.34. The lowest BCUT2D eigenvalue weighted by atomic mass is 10.0. The Hall–Kier alpha value is -4.03. The fourth-order valence-electron chi connectivity index (χ4n) is 4.60. The Morgan fingerprint density at radius 1 is 1.26 bits per heavy atom. The Morgan fingerprint density at radius 3 is 2.67 bits per heavy atom. The molecule has 2 aliphatic heterocycles. The molecule has 0 unspecified atom stereocenters. The minimum atomic E-state index is -0.638. The molecule has 1 aromatic heterocycles. The topological polar surface area (TPSA) is 130 Å². The summed E-state index contributed by atoms with van der Waals surface area (Å²) in [5.41, 5.74) is 1.07. The molecular weight excluding hydrogens is 544 g/mol. The second kappa shape index (κ2) is 11.0. The van der Waals surface area contributed by atoms with Crippen molar-refractivity contribution < 1.29 is 19.2 Å². The van der Waals surface area contributed by atoms with E-state index in [1.54, 1.807) is 24.4 Å². The van der Waals surface area contributed by atoms with E-state index in [2.05, 4.69) is 10.3 Å². The number of halogens is 1. The molecule has 1 fully saturated rings. The van der Waals surface area contributed by atoms with E-state index in [0.29, 0.717) is 28.7 Å². The zero-order valence-corrected chi connectivity index (χ0v) is 22.7. The monoisotopic (exact) mass is 568 g/mol. The highest BCUT2D eigenvalue weighted by Crippen LogP contribution is 2.46. The summed E-state index contributed by atoms with van der Waals surface area (Å²) in [6.07, 6.45) is 1.36. The van der Waals surface area contributed by atoms with Gasteiger partial charge in [-0.3, -0.25) is 24.8 Å². The summed E-state index contributed by atoms with van der Waals surface area (Å²) in [4.78, 5) is 50.0. The van der Waals surface area contributed by atoms with Crippen molar-refractivity contribution in [2.24, 2.45) is 4.99 Å². The molecule has 3 amide bonds. The third kappa shape index (κ3) is 5.43. The summed E-state index contributed by atoms with van der Waals surface area (Å²) in [6, 6.07) is 9.81. The van der Waals surface area contributed by atoms with Crippen molar-refractivity contribution in [3.05, 3.63) is 85.3 Å². The Morgan fingerprint density at radius 2 is 2.03 bits per heavy atom. The molecule has 0 saturated carbocycles. The molecule has 39 heavy (non-hydrogen) atoms. The first-order chi connectivity index (χ1) is 18.7. The molecule has 3 heterocycles. The number of ether oxygens (including phenoxy) is 1. The van der Waals surface area contributed by atoms with Crippen molar-refractivity contribution in [2.75, 3.05) is 19.6 Å². The normalized spacial score (nSPS) is 19.2. The predicted molar refractivity (Wildman–Crippen MR) is 146 cm³/mol. The Labute approximate surface area is 233 Å². The van der Waals surface area contributed by atoms with Crippen LogP contribution in [0.1, 0.15) is 42.1 Å². The van der Waals surface area contributed by atoms with Crippen LogP contribution in [0.25, 0.3) is 0 Å². The van der Waals surface area contributed by atoms with Crippen LogP contribution in [0.4, 0.5) is 10.5 Å². The van der Waals surface area contributed by atoms with Crippen LogP contribution >= 0.6 is 22.9 Å². The van der Waals surface area contributed by atoms with E-state index in [1.807, 2.05) is 31.4 Å². The molecule has 5 rings (SSSR count). The summed E-state index contributed by atoms with van der Waals surface area (Å²) >= 11 is 7.54. The average molecular weight is 569 g/mol. The number of carbonyl (C=O) groups is 2. The zero-order valence-electron chi connectivity index (χ0n) is 21.1. The van der Waals surface area contributed by atoms with E-state index < -0.39 is 23.0 Å². The Kier molecular flexibility index (Phi) is 7.49. The molecular formula is C26H25ClN6O5S. The van der Waals surface area contributed by atoms with E-state index in [1.165, 1.54) is 33.3 Å². The van der Waals surface area contributed by atoms with Gasteiger partial charge >= 0.3 is 6.03 Å². The summed E-state index contributed by atoms with van der Waals surface area (Å²) in [5, 5.41) is 17.3. The summed E-state index contributed by atoms with van der Waals surface area (Å²) in [5.74, 6) is 0.241. The molecule has 0 spiro atoms. The second-order valence-electron chi connectivity index (χ2n) is 9.29. The number of nitrogens with one attached hydrogen (secondary N) is 1. The summed E-state index contributed by atoms with van der Waals surface area (Å²) in [6.45, 7) is 4.16. The number of non-ortho nitro benzene ring substituents is 1.